The van der Waals surface area contributed by atoms with Crippen LogP contribution in [0, 0.1) is 11.3 Å². The van der Waals surface area contributed by atoms with Gasteiger partial charge in [-0.15, -0.1) is 0 Å². The molecule has 0 nitrogen and oxygen atoms in total. The molecular weight excluding hydrogens is 120 g/mol. The molecule has 1 fully saturated rings. The second kappa shape index (κ2) is 2.94. The lowest BCUT2D eigenvalue weighted by molar-refractivity contribution is 0.410. The minimum atomic E-state index is 0.781. The van der Waals surface area contributed by atoms with Gasteiger partial charge in [0.2, 0.25) is 0 Å². The lowest BCUT2D eigenvalue weighted by Gasteiger charge is -2.11. The van der Waals surface area contributed by atoms with Crippen molar-refractivity contribution in [2.45, 2.75) is 52.9 Å². The third kappa shape index (κ3) is 2.32. The standard InChI is InChI=1S/C10H20/c1-4-9(2)5-6-10(3)7-8-10/h9H,4-8H2,1-3H3. The molecule has 0 spiro atoms. The van der Waals surface area contributed by atoms with Gasteiger partial charge in [0, 0.05) is 0 Å². The molecule has 60 valence electrons. The zero-order valence-electron chi connectivity index (χ0n) is 7.61. The van der Waals surface area contributed by atoms with Gasteiger partial charge in [-0.1, -0.05) is 33.6 Å². The van der Waals surface area contributed by atoms with E-state index in [1.807, 2.05) is 0 Å². The van der Waals surface area contributed by atoms with E-state index in [2.05, 4.69) is 20.8 Å². The van der Waals surface area contributed by atoms with Crippen molar-refractivity contribution in [1.82, 2.24) is 0 Å². The first-order valence-corrected chi connectivity index (χ1v) is 4.66. The maximum absolute atomic E-state index is 2.43. The van der Waals surface area contributed by atoms with Crippen molar-refractivity contribution < 1.29 is 0 Å². The molecule has 0 N–H and O–H groups in total. The second-order valence-electron chi connectivity index (χ2n) is 4.36. The Morgan fingerprint density at radius 2 is 2.00 bits per heavy atom. The van der Waals surface area contributed by atoms with E-state index in [9.17, 15) is 0 Å². The molecule has 0 aromatic heterocycles. The van der Waals surface area contributed by atoms with Crippen LogP contribution in [0.1, 0.15) is 52.9 Å². The van der Waals surface area contributed by atoms with E-state index >= 15 is 0 Å². The fourth-order valence-electron chi connectivity index (χ4n) is 1.26. The van der Waals surface area contributed by atoms with Crippen LogP contribution in [0.4, 0.5) is 0 Å². The van der Waals surface area contributed by atoms with Gasteiger partial charge in [-0.25, -0.2) is 0 Å². The van der Waals surface area contributed by atoms with Gasteiger partial charge in [-0.05, 0) is 30.6 Å². The summed E-state index contributed by atoms with van der Waals surface area (Å²) in [5.74, 6) is 0.956. The van der Waals surface area contributed by atoms with E-state index in [0.29, 0.717) is 0 Å². The van der Waals surface area contributed by atoms with Crippen LogP contribution in [0.25, 0.3) is 0 Å². The average molecular weight is 140 g/mol. The Bertz CT molecular complexity index is 101. The molecule has 0 heteroatoms. The Labute approximate surface area is 65.0 Å². The van der Waals surface area contributed by atoms with Crippen LogP contribution < -0.4 is 0 Å². The zero-order valence-corrected chi connectivity index (χ0v) is 7.61. The summed E-state index contributed by atoms with van der Waals surface area (Å²) in [7, 11) is 0. The van der Waals surface area contributed by atoms with Crippen LogP contribution >= 0.6 is 0 Å². The maximum Gasteiger partial charge on any atom is -0.0325 e. The molecular formula is C10H20. The summed E-state index contributed by atoms with van der Waals surface area (Å²) in [5.41, 5.74) is 0.781. The van der Waals surface area contributed by atoms with Crippen molar-refractivity contribution in [3.8, 4) is 0 Å². The quantitative estimate of drug-likeness (QED) is 0.559. The average Bonchev–Trinajstić information content (AvgIpc) is 2.64. The van der Waals surface area contributed by atoms with Crippen LogP contribution in [0.2, 0.25) is 0 Å². The van der Waals surface area contributed by atoms with Crippen molar-refractivity contribution in [3.63, 3.8) is 0 Å². The predicted octanol–water partition coefficient (Wildman–Crippen LogP) is 3.61. The molecule has 0 aromatic carbocycles. The van der Waals surface area contributed by atoms with Crippen molar-refractivity contribution in [1.29, 1.82) is 0 Å². The summed E-state index contributed by atoms with van der Waals surface area (Å²) < 4.78 is 0. The molecule has 10 heavy (non-hydrogen) atoms. The minimum absolute atomic E-state index is 0.781. The van der Waals surface area contributed by atoms with Crippen molar-refractivity contribution in [3.05, 3.63) is 0 Å². The molecule has 1 saturated carbocycles. The first-order valence-electron chi connectivity index (χ1n) is 4.66. The monoisotopic (exact) mass is 140 g/mol. The molecule has 1 atom stereocenters. The largest absolute Gasteiger partial charge is 0.0651 e. The number of hydrogen-bond acceptors (Lipinski definition) is 0. The van der Waals surface area contributed by atoms with Crippen molar-refractivity contribution >= 4 is 0 Å². The third-order valence-corrected chi connectivity index (χ3v) is 3.04. The first kappa shape index (κ1) is 8.10. The molecule has 0 heterocycles. The van der Waals surface area contributed by atoms with Crippen LogP contribution in [-0.4, -0.2) is 0 Å². The third-order valence-electron chi connectivity index (χ3n) is 3.04. The Kier molecular flexibility index (Phi) is 2.38. The van der Waals surface area contributed by atoms with Crippen molar-refractivity contribution in [2.24, 2.45) is 11.3 Å². The second-order valence-corrected chi connectivity index (χ2v) is 4.36. The van der Waals surface area contributed by atoms with Gasteiger partial charge in [0.05, 0.1) is 0 Å². The molecule has 1 unspecified atom stereocenters. The van der Waals surface area contributed by atoms with E-state index in [1.165, 1.54) is 32.1 Å². The molecule has 0 amide bonds. The molecule has 0 aliphatic heterocycles. The molecule has 1 rings (SSSR count). The summed E-state index contributed by atoms with van der Waals surface area (Å²) in [5, 5.41) is 0. The molecule has 0 bridgehead atoms. The zero-order chi connectivity index (χ0) is 7.61. The van der Waals surface area contributed by atoms with Crippen LogP contribution in [0.5, 0.6) is 0 Å². The van der Waals surface area contributed by atoms with E-state index in [1.54, 1.807) is 0 Å². The Morgan fingerprint density at radius 1 is 1.40 bits per heavy atom. The lowest BCUT2D eigenvalue weighted by atomic mass is 9.95. The molecule has 1 aliphatic carbocycles. The fourth-order valence-corrected chi connectivity index (χ4v) is 1.26. The summed E-state index contributed by atoms with van der Waals surface area (Å²) in [4.78, 5) is 0. The number of rotatable bonds is 4. The van der Waals surface area contributed by atoms with Gasteiger partial charge >= 0.3 is 0 Å². The molecule has 0 radical (unpaired) electrons. The summed E-state index contributed by atoms with van der Waals surface area (Å²) >= 11 is 0. The van der Waals surface area contributed by atoms with Crippen LogP contribution in [0.3, 0.4) is 0 Å². The van der Waals surface area contributed by atoms with Crippen LogP contribution in [0.15, 0.2) is 0 Å². The summed E-state index contributed by atoms with van der Waals surface area (Å²) in [6.07, 6.45) is 7.26. The minimum Gasteiger partial charge on any atom is -0.0651 e. The van der Waals surface area contributed by atoms with Gasteiger partial charge in [0.25, 0.3) is 0 Å². The maximum atomic E-state index is 2.43. The van der Waals surface area contributed by atoms with Crippen molar-refractivity contribution in [2.75, 3.05) is 0 Å². The smallest absolute Gasteiger partial charge is 0.0325 e. The number of hydrogen-bond donors (Lipinski definition) is 0. The van der Waals surface area contributed by atoms with E-state index in [-0.39, 0.29) is 0 Å². The van der Waals surface area contributed by atoms with Gasteiger partial charge in [0.1, 0.15) is 0 Å². The van der Waals surface area contributed by atoms with Gasteiger partial charge < -0.3 is 0 Å². The van der Waals surface area contributed by atoms with Gasteiger partial charge in [0.15, 0.2) is 0 Å². The summed E-state index contributed by atoms with van der Waals surface area (Å²) in [6, 6.07) is 0. The summed E-state index contributed by atoms with van der Waals surface area (Å²) in [6.45, 7) is 7.08. The molecule has 1 aliphatic rings. The molecule has 0 aromatic rings. The lowest BCUT2D eigenvalue weighted by Crippen LogP contribution is -1.98. The SMILES string of the molecule is CCC(C)CCC1(C)CC1. The highest BCUT2D eigenvalue weighted by atomic mass is 14.4. The van der Waals surface area contributed by atoms with E-state index in [0.717, 1.165) is 11.3 Å². The van der Waals surface area contributed by atoms with Gasteiger partial charge in [-0.3, -0.25) is 0 Å². The van der Waals surface area contributed by atoms with E-state index < -0.39 is 0 Å². The normalized spacial score (nSPS) is 24.3. The van der Waals surface area contributed by atoms with Crippen LogP contribution in [-0.2, 0) is 0 Å². The predicted molar refractivity (Wildman–Crippen MR) is 46.0 cm³/mol. The van der Waals surface area contributed by atoms with Gasteiger partial charge in [-0.2, -0.15) is 0 Å². The highest BCUT2D eigenvalue weighted by Gasteiger charge is 2.36. The Balaban J connectivity index is 2.04. The highest BCUT2D eigenvalue weighted by Crippen LogP contribution is 2.49. The Morgan fingerprint density at radius 3 is 2.40 bits per heavy atom. The highest BCUT2D eigenvalue weighted by molar-refractivity contribution is 4.88. The topological polar surface area (TPSA) is 0 Å². The first-order chi connectivity index (χ1) is 4.66. The van der Waals surface area contributed by atoms with E-state index in [4.69, 9.17) is 0 Å². The Hall–Kier alpha value is 0. The molecule has 0 saturated heterocycles. The fraction of sp³-hybridized carbons (Fsp3) is 1.00.